The Kier molecular flexibility index (Phi) is 5.83. The molecule has 25 heavy (non-hydrogen) atoms. The highest BCUT2D eigenvalue weighted by Gasteiger charge is 2.23. The van der Waals surface area contributed by atoms with Gasteiger partial charge in [-0.15, -0.1) is 0 Å². The number of methoxy groups -OCH3 is 2. The van der Waals surface area contributed by atoms with Crippen LogP contribution in [0.3, 0.4) is 0 Å². The molecule has 0 saturated heterocycles. The molecule has 0 saturated carbocycles. The molecule has 1 aromatic heterocycles. The highest BCUT2D eigenvalue weighted by molar-refractivity contribution is 6.28. The molecule has 0 spiro atoms. The largest absolute Gasteiger partial charge is 0.464 e. The van der Waals surface area contributed by atoms with Gasteiger partial charge in [0.25, 0.3) is 0 Å². The van der Waals surface area contributed by atoms with Crippen LogP contribution in [0, 0.1) is 17.7 Å². The van der Waals surface area contributed by atoms with Crippen LogP contribution in [0.1, 0.15) is 35.6 Å². The monoisotopic (exact) mass is 364 g/mol. The van der Waals surface area contributed by atoms with Crippen molar-refractivity contribution in [2.24, 2.45) is 0 Å². The number of esters is 1. The second kappa shape index (κ2) is 7.68. The van der Waals surface area contributed by atoms with E-state index >= 15 is 0 Å². The number of nitrogens with zero attached hydrogens (tertiary/aromatic N) is 2. The van der Waals surface area contributed by atoms with Crippen LogP contribution in [0.15, 0.2) is 24.3 Å². The Balaban J connectivity index is 2.49. The number of hydrogen-bond donors (Lipinski definition) is 0. The van der Waals surface area contributed by atoms with Crippen molar-refractivity contribution in [3.8, 4) is 11.8 Å². The Hall–Kier alpha value is -2.36. The Labute approximate surface area is 150 Å². The predicted octanol–water partition coefficient (Wildman–Crippen LogP) is 3.29. The number of carbonyl (C=O) groups is 1. The van der Waals surface area contributed by atoms with Crippen molar-refractivity contribution >= 4 is 17.6 Å². The minimum Gasteiger partial charge on any atom is -0.464 e. The fourth-order valence-electron chi connectivity index (χ4n) is 1.99. The SMILES string of the molecule is COC(=O)c1c(C#CC(C)(C)OC)nc(Cl)n1Cc1ccc(F)cc1. The average Bonchev–Trinajstić information content (AvgIpc) is 2.90. The summed E-state index contributed by atoms with van der Waals surface area (Å²) in [7, 11) is 2.80. The molecule has 0 radical (unpaired) electrons. The summed E-state index contributed by atoms with van der Waals surface area (Å²) in [5.74, 6) is 4.76. The van der Waals surface area contributed by atoms with Crippen molar-refractivity contribution in [2.45, 2.75) is 26.0 Å². The molecule has 0 atom stereocenters. The number of imidazole rings is 1. The van der Waals surface area contributed by atoms with Gasteiger partial charge in [-0.1, -0.05) is 18.1 Å². The van der Waals surface area contributed by atoms with E-state index < -0.39 is 11.6 Å². The van der Waals surface area contributed by atoms with Gasteiger partial charge in [-0.25, -0.2) is 14.2 Å². The van der Waals surface area contributed by atoms with Gasteiger partial charge in [-0.05, 0) is 49.1 Å². The van der Waals surface area contributed by atoms with Crippen LogP contribution < -0.4 is 0 Å². The average molecular weight is 365 g/mol. The van der Waals surface area contributed by atoms with E-state index in [9.17, 15) is 9.18 Å². The molecule has 0 aliphatic heterocycles. The Bertz CT molecular complexity index is 832. The van der Waals surface area contributed by atoms with Crippen LogP contribution in [0.25, 0.3) is 0 Å². The highest BCUT2D eigenvalue weighted by atomic mass is 35.5. The first-order valence-electron chi connectivity index (χ1n) is 7.44. The molecule has 0 amide bonds. The minimum absolute atomic E-state index is 0.0873. The fourth-order valence-corrected chi connectivity index (χ4v) is 2.22. The van der Waals surface area contributed by atoms with E-state index in [1.54, 1.807) is 26.0 Å². The Morgan fingerprint density at radius 3 is 2.52 bits per heavy atom. The standard InChI is InChI=1S/C18H18ClFN2O3/c1-18(2,25-4)10-9-14-15(16(23)24-3)22(17(19)21-14)11-12-5-7-13(20)8-6-12/h5-8H,11H2,1-4H3. The van der Waals surface area contributed by atoms with Crippen LogP contribution in [-0.2, 0) is 16.0 Å². The number of carbonyl (C=O) groups excluding carboxylic acids is 1. The highest BCUT2D eigenvalue weighted by Crippen LogP contribution is 2.20. The van der Waals surface area contributed by atoms with Gasteiger partial charge in [-0.2, -0.15) is 0 Å². The van der Waals surface area contributed by atoms with Crippen LogP contribution >= 0.6 is 11.6 Å². The van der Waals surface area contributed by atoms with E-state index in [-0.39, 0.29) is 29.0 Å². The van der Waals surface area contributed by atoms with Gasteiger partial charge in [0.15, 0.2) is 5.69 Å². The lowest BCUT2D eigenvalue weighted by atomic mass is 10.1. The minimum atomic E-state index is -0.708. The smallest absolute Gasteiger partial charge is 0.357 e. The molecule has 0 unspecified atom stereocenters. The maximum Gasteiger partial charge on any atom is 0.357 e. The van der Waals surface area contributed by atoms with Crippen molar-refractivity contribution in [1.29, 1.82) is 0 Å². The van der Waals surface area contributed by atoms with Gasteiger partial charge < -0.3 is 14.0 Å². The molecule has 0 aliphatic carbocycles. The summed E-state index contributed by atoms with van der Waals surface area (Å²) < 4.78 is 24.6. The van der Waals surface area contributed by atoms with Crippen LogP contribution in [0.4, 0.5) is 4.39 Å². The zero-order chi connectivity index (χ0) is 18.6. The van der Waals surface area contributed by atoms with Crippen LogP contribution in [-0.4, -0.2) is 35.3 Å². The second-order valence-corrected chi connectivity index (χ2v) is 6.08. The molecule has 0 fully saturated rings. The second-order valence-electron chi connectivity index (χ2n) is 5.75. The zero-order valence-corrected chi connectivity index (χ0v) is 15.1. The van der Waals surface area contributed by atoms with Gasteiger partial charge in [0.2, 0.25) is 5.28 Å². The van der Waals surface area contributed by atoms with Crippen molar-refractivity contribution in [3.63, 3.8) is 0 Å². The predicted molar refractivity (Wildman–Crippen MR) is 92.0 cm³/mol. The molecule has 2 aromatic rings. The zero-order valence-electron chi connectivity index (χ0n) is 14.4. The fraction of sp³-hybridized carbons (Fsp3) is 0.333. The van der Waals surface area contributed by atoms with E-state index in [0.717, 1.165) is 5.56 Å². The molecule has 132 valence electrons. The van der Waals surface area contributed by atoms with Crippen molar-refractivity contribution in [2.75, 3.05) is 14.2 Å². The van der Waals surface area contributed by atoms with Gasteiger partial charge in [0.05, 0.1) is 13.7 Å². The number of rotatable bonds is 4. The maximum atomic E-state index is 13.1. The van der Waals surface area contributed by atoms with E-state index in [2.05, 4.69) is 16.8 Å². The summed E-state index contributed by atoms with van der Waals surface area (Å²) in [5, 5.41) is 0.0873. The summed E-state index contributed by atoms with van der Waals surface area (Å²) in [5.41, 5.74) is 0.378. The number of halogens is 2. The van der Waals surface area contributed by atoms with E-state index in [0.29, 0.717) is 0 Å². The molecule has 0 aliphatic rings. The van der Waals surface area contributed by atoms with E-state index in [1.165, 1.54) is 30.9 Å². The first kappa shape index (κ1) is 19.0. The Morgan fingerprint density at radius 2 is 1.96 bits per heavy atom. The first-order chi connectivity index (χ1) is 11.8. The van der Waals surface area contributed by atoms with Gasteiger partial charge >= 0.3 is 5.97 Å². The summed E-state index contributed by atoms with van der Waals surface area (Å²) in [6.07, 6.45) is 0. The van der Waals surface area contributed by atoms with Crippen molar-refractivity contribution in [1.82, 2.24) is 9.55 Å². The third-order valence-electron chi connectivity index (χ3n) is 3.55. The normalized spacial score (nSPS) is 11.0. The van der Waals surface area contributed by atoms with Crippen molar-refractivity contribution in [3.05, 3.63) is 52.3 Å². The van der Waals surface area contributed by atoms with E-state index in [1.807, 2.05) is 0 Å². The summed E-state index contributed by atoms with van der Waals surface area (Å²) in [6.45, 7) is 3.80. The third-order valence-corrected chi connectivity index (χ3v) is 3.83. The Morgan fingerprint density at radius 1 is 1.32 bits per heavy atom. The molecular formula is C18H18ClFN2O3. The molecule has 2 rings (SSSR count). The van der Waals surface area contributed by atoms with E-state index in [4.69, 9.17) is 21.1 Å². The van der Waals surface area contributed by atoms with Crippen molar-refractivity contribution < 1.29 is 18.7 Å². The quantitative estimate of drug-likeness (QED) is 0.617. The number of aromatic nitrogens is 2. The lowest BCUT2D eigenvalue weighted by Crippen LogP contribution is -2.19. The van der Waals surface area contributed by atoms with Gasteiger partial charge in [-0.3, -0.25) is 0 Å². The lowest BCUT2D eigenvalue weighted by Gasteiger charge is -2.14. The van der Waals surface area contributed by atoms with Crippen LogP contribution in [0.5, 0.6) is 0 Å². The number of ether oxygens (including phenoxy) is 2. The number of hydrogen-bond acceptors (Lipinski definition) is 4. The number of benzene rings is 1. The molecule has 5 nitrogen and oxygen atoms in total. The summed E-state index contributed by atoms with van der Waals surface area (Å²) >= 11 is 6.19. The van der Waals surface area contributed by atoms with Crippen LogP contribution in [0.2, 0.25) is 5.28 Å². The molecule has 1 aromatic carbocycles. The van der Waals surface area contributed by atoms with Gasteiger partial charge in [0.1, 0.15) is 17.1 Å². The summed E-state index contributed by atoms with van der Waals surface area (Å²) in [6, 6.07) is 5.87. The maximum absolute atomic E-state index is 13.1. The van der Waals surface area contributed by atoms with Gasteiger partial charge in [0, 0.05) is 7.11 Å². The molecular weight excluding hydrogens is 347 g/mol. The summed E-state index contributed by atoms with van der Waals surface area (Å²) in [4.78, 5) is 16.4. The lowest BCUT2D eigenvalue weighted by molar-refractivity contribution is 0.0588. The molecule has 1 heterocycles. The topological polar surface area (TPSA) is 53.4 Å². The molecule has 7 heteroatoms. The molecule has 0 bridgehead atoms. The first-order valence-corrected chi connectivity index (χ1v) is 7.82. The third kappa shape index (κ3) is 4.59. The molecule has 0 N–H and O–H groups in total.